The lowest BCUT2D eigenvalue weighted by Crippen LogP contribution is -2.03. The summed E-state index contributed by atoms with van der Waals surface area (Å²) in [5.74, 6) is -0.0387. The Morgan fingerprint density at radius 3 is 2.85 bits per heavy atom. The normalized spacial score (nSPS) is 10.1. The Balaban J connectivity index is 2.81. The predicted molar refractivity (Wildman–Crippen MR) is 50.1 cm³/mol. The van der Waals surface area contributed by atoms with Crippen LogP contribution in [0.3, 0.4) is 0 Å². The van der Waals surface area contributed by atoms with E-state index in [9.17, 15) is 4.39 Å². The largest absolute Gasteiger partial charge is 0.491 e. The van der Waals surface area contributed by atoms with E-state index >= 15 is 0 Å². The highest BCUT2D eigenvalue weighted by Crippen LogP contribution is 2.19. The van der Waals surface area contributed by atoms with Crippen molar-refractivity contribution in [2.24, 2.45) is 5.73 Å². The first-order valence-corrected chi connectivity index (χ1v) is 4.39. The van der Waals surface area contributed by atoms with Crippen LogP contribution in [-0.4, -0.2) is 6.61 Å². The molecule has 3 heteroatoms. The van der Waals surface area contributed by atoms with Crippen molar-refractivity contribution in [1.29, 1.82) is 0 Å². The molecule has 0 saturated heterocycles. The average Bonchev–Trinajstić information content (AvgIpc) is 2.16. The summed E-state index contributed by atoms with van der Waals surface area (Å²) in [5, 5.41) is 0. The molecule has 0 spiro atoms. The van der Waals surface area contributed by atoms with E-state index in [1.54, 1.807) is 18.2 Å². The van der Waals surface area contributed by atoms with E-state index in [1.807, 2.05) is 6.92 Å². The number of hydrogen-bond donors (Lipinski definition) is 1. The monoisotopic (exact) mass is 183 g/mol. The van der Waals surface area contributed by atoms with Crippen LogP contribution >= 0.6 is 0 Å². The van der Waals surface area contributed by atoms with Gasteiger partial charge >= 0.3 is 0 Å². The molecule has 13 heavy (non-hydrogen) atoms. The Labute approximate surface area is 77.5 Å². The van der Waals surface area contributed by atoms with Crippen molar-refractivity contribution in [2.75, 3.05) is 6.61 Å². The van der Waals surface area contributed by atoms with E-state index in [4.69, 9.17) is 10.5 Å². The van der Waals surface area contributed by atoms with Crippen molar-refractivity contribution in [3.8, 4) is 5.75 Å². The molecule has 0 heterocycles. The van der Waals surface area contributed by atoms with Crippen LogP contribution in [-0.2, 0) is 6.54 Å². The van der Waals surface area contributed by atoms with Gasteiger partial charge in [0.2, 0.25) is 0 Å². The fraction of sp³-hybridized carbons (Fsp3) is 0.400. The molecule has 0 fully saturated rings. The summed E-state index contributed by atoms with van der Waals surface area (Å²) in [6, 6.07) is 5.02. The van der Waals surface area contributed by atoms with Gasteiger partial charge in [0.05, 0.1) is 6.61 Å². The second-order valence-electron chi connectivity index (χ2n) is 2.78. The van der Waals surface area contributed by atoms with Crippen molar-refractivity contribution in [3.63, 3.8) is 0 Å². The van der Waals surface area contributed by atoms with Gasteiger partial charge in [0.15, 0.2) is 11.6 Å². The van der Waals surface area contributed by atoms with Gasteiger partial charge in [-0.3, -0.25) is 0 Å². The summed E-state index contributed by atoms with van der Waals surface area (Å²) in [6.07, 6.45) is 0.867. The van der Waals surface area contributed by atoms with Crippen molar-refractivity contribution < 1.29 is 9.13 Å². The van der Waals surface area contributed by atoms with Crippen LogP contribution in [0.2, 0.25) is 0 Å². The lowest BCUT2D eigenvalue weighted by molar-refractivity contribution is 0.300. The molecule has 1 aromatic rings. The Bertz CT molecular complexity index is 276. The molecule has 0 radical (unpaired) electrons. The summed E-state index contributed by atoms with van der Waals surface area (Å²) in [7, 11) is 0. The summed E-state index contributed by atoms with van der Waals surface area (Å²) in [6.45, 7) is 2.71. The van der Waals surface area contributed by atoms with Crippen molar-refractivity contribution in [1.82, 2.24) is 0 Å². The fourth-order valence-electron chi connectivity index (χ4n) is 1.04. The van der Waals surface area contributed by atoms with E-state index < -0.39 is 0 Å². The summed E-state index contributed by atoms with van der Waals surface area (Å²) in [4.78, 5) is 0. The summed E-state index contributed by atoms with van der Waals surface area (Å²) < 4.78 is 18.6. The van der Waals surface area contributed by atoms with Gasteiger partial charge in [-0.25, -0.2) is 4.39 Å². The van der Waals surface area contributed by atoms with Crippen LogP contribution in [0.1, 0.15) is 18.9 Å². The first kappa shape index (κ1) is 9.99. The minimum atomic E-state index is -0.335. The number of halogens is 1. The van der Waals surface area contributed by atoms with Crippen LogP contribution in [0, 0.1) is 5.82 Å². The van der Waals surface area contributed by atoms with E-state index in [0.717, 1.165) is 6.42 Å². The second kappa shape index (κ2) is 4.82. The molecule has 2 nitrogen and oxygen atoms in total. The van der Waals surface area contributed by atoms with Crippen LogP contribution in [0.15, 0.2) is 18.2 Å². The van der Waals surface area contributed by atoms with Gasteiger partial charge in [-0.1, -0.05) is 19.1 Å². The number of hydrogen-bond acceptors (Lipinski definition) is 2. The molecule has 1 aromatic carbocycles. The fourth-order valence-corrected chi connectivity index (χ4v) is 1.04. The number of ether oxygens (including phenoxy) is 1. The van der Waals surface area contributed by atoms with Crippen LogP contribution in [0.25, 0.3) is 0 Å². The van der Waals surface area contributed by atoms with E-state index in [2.05, 4.69) is 0 Å². The maximum atomic E-state index is 13.4. The van der Waals surface area contributed by atoms with E-state index in [1.165, 1.54) is 0 Å². The summed E-state index contributed by atoms with van der Waals surface area (Å²) in [5.41, 5.74) is 5.85. The highest BCUT2D eigenvalue weighted by molar-refractivity contribution is 5.30. The van der Waals surface area contributed by atoms with Gasteiger partial charge in [0.1, 0.15) is 0 Å². The third kappa shape index (κ3) is 2.42. The molecule has 0 amide bonds. The number of nitrogens with two attached hydrogens (primary N) is 1. The quantitative estimate of drug-likeness (QED) is 0.775. The molecule has 0 aliphatic rings. The predicted octanol–water partition coefficient (Wildman–Crippen LogP) is 2.07. The van der Waals surface area contributed by atoms with E-state index in [0.29, 0.717) is 17.9 Å². The Morgan fingerprint density at radius 2 is 2.23 bits per heavy atom. The maximum absolute atomic E-state index is 13.4. The van der Waals surface area contributed by atoms with Crippen LogP contribution in [0.5, 0.6) is 5.75 Å². The minimum Gasteiger partial charge on any atom is -0.491 e. The zero-order valence-electron chi connectivity index (χ0n) is 7.72. The average molecular weight is 183 g/mol. The molecule has 0 aliphatic heterocycles. The topological polar surface area (TPSA) is 35.2 Å². The molecule has 0 aliphatic carbocycles. The molecule has 0 atom stereocenters. The highest BCUT2D eigenvalue weighted by atomic mass is 19.1. The zero-order valence-corrected chi connectivity index (χ0v) is 7.72. The van der Waals surface area contributed by atoms with Gasteiger partial charge in [-0.2, -0.15) is 0 Å². The number of rotatable bonds is 4. The highest BCUT2D eigenvalue weighted by Gasteiger charge is 2.06. The second-order valence-corrected chi connectivity index (χ2v) is 2.78. The molecular formula is C10H14FNO. The standard InChI is InChI=1S/C10H14FNO/c1-2-6-13-9-5-3-4-8(7-12)10(9)11/h3-5H,2,6-7,12H2,1H3. The molecule has 0 aromatic heterocycles. The van der Waals surface area contributed by atoms with Gasteiger partial charge in [0.25, 0.3) is 0 Å². The van der Waals surface area contributed by atoms with Crippen LogP contribution in [0.4, 0.5) is 4.39 Å². The molecule has 2 N–H and O–H groups in total. The Hall–Kier alpha value is -1.09. The molecule has 0 saturated carbocycles. The molecule has 72 valence electrons. The van der Waals surface area contributed by atoms with Crippen LogP contribution < -0.4 is 10.5 Å². The molecule has 0 bridgehead atoms. The maximum Gasteiger partial charge on any atom is 0.169 e. The Kier molecular flexibility index (Phi) is 3.71. The van der Waals surface area contributed by atoms with Gasteiger partial charge in [-0.15, -0.1) is 0 Å². The van der Waals surface area contributed by atoms with E-state index in [-0.39, 0.29) is 12.4 Å². The van der Waals surface area contributed by atoms with Crippen molar-refractivity contribution >= 4 is 0 Å². The van der Waals surface area contributed by atoms with Crippen molar-refractivity contribution in [3.05, 3.63) is 29.6 Å². The van der Waals surface area contributed by atoms with Gasteiger partial charge in [0, 0.05) is 12.1 Å². The first-order valence-electron chi connectivity index (χ1n) is 4.39. The first-order chi connectivity index (χ1) is 6.29. The SMILES string of the molecule is CCCOc1cccc(CN)c1F. The number of benzene rings is 1. The molecule has 1 rings (SSSR count). The third-order valence-electron chi connectivity index (χ3n) is 1.72. The Morgan fingerprint density at radius 1 is 1.46 bits per heavy atom. The minimum absolute atomic E-state index is 0.204. The molecule has 0 unspecified atom stereocenters. The smallest absolute Gasteiger partial charge is 0.169 e. The lowest BCUT2D eigenvalue weighted by Gasteiger charge is -2.07. The van der Waals surface area contributed by atoms with Gasteiger partial charge < -0.3 is 10.5 Å². The molecular weight excluding hydrogens is 169 g/mol. The van der Waals surface area contributed by atoms with Gasteiger partial charge in [-0.05, 0) is 12.5 Å². The summed E-state index contributed by atoms with van der Waals surface area (Å²) >= 11 is 0. The lowest BCUT2D eigenvalue weighted by atomic mass is 10.2. The van der Waals surface area contributed by atoms with Crippen molar-refractivity contribution in [2.45, 2.75) is 19.9 Å². The third-order valence-corrected chi connectivity index (χ3v) is 1.72. The zero-order chi connectivity index (χ0) is 9.68.